The molecular weight excluding hydrogens is 286 g/mol. The SMILES string of the molecule is Cc1cccc2c(C(=O)NC3CC3)cc(-c3cccnc3)nc12. The predicted octanol–water partition coefficient (Wildman–Crippen LogP) is 3.50. The van der Waals surface area contributed by atoms with Gasteiger partial charge in [-0.1, -0.05) is 18.2 Å². The van der Waals surface area contributed by atoms with Crippen molar-refractivity contribution in [2.45, 2.75) is 25.8 Å². The van der Waals surface area contributed by atoms with E-state index in [0.29, 0.717) is 11.6 Å². The van der Waals surface area contributed by atoms with Gasteiger partial charge in [-0.15, -0.1) is 0 Å². The number of nitrogens with zero attached hydrogens (tertiary/aromatic N) is 2. The average molecular weight is 303 g/mol. The minimum Gasteiger partial charge on any atom is -0.349 e. The quantitative estimate of drug-likeness (QED) is 0.805. The molecule has 4 rings (SSSR count). The van der Waals surface area contributed by atoms with Crippen LogP contribution >= 0.6 is 0 Å². The number of hydrogen-bond donors (Lipinski definition) is 1. The molecule has 1 saturated carbocycles. The summed E-state index contributed by atoms with van der Waals surface area (Å²) in [7, 11) is 0. The van der Waals surface area contributed by atoms with E-state index in [1.807, 2.05) is 43.3 Å². The Morgan fingerprint density at radius 1 is 1.22 bits per heavy atom. The van der Waals surface area contributed by atoms with Crippen LogP contribution < -0.4 is 5.32 Å². The number of fused-ring (bicyclic) bond motifs is 1. The molecule has 4 heteroatoms. The first-order valence-corrected chi connectivity index (χ1v) is 7.84. The highest BCUT2D eigenvalue weighted by molar-refractivity contribution is 6.08. The summed E-state index contributed by atoms with van der Waals surface area (Å²) in [5.41, 5.74) is 4.31. The third-order valence-electron chi connectivity index (χ3n) is 4.16. The van der Waals surface area contributed by atoms with Crippen molar-refractivity contribution in [3.63, 3.8) is 0 Å². The number of para-hydroxylation sites is 1. The van der Waals surface area contributed by atoms with Crippen LogP contribution in [0.15, 0.2) is 48.8 Å². The molecule has 1 amide bonds. The van der Waals surface area contributed by atoms with E-state index < -0.39 is 0 Å². The standard InChI is InChI=1S/C19H17N3O/c1-12-4-2-6-15-16(19(23)21-14-7-8-14)10-17(22-18(12)15)13-5-3-9-20-11-13/h2-6,9-11,14H,7-8H2,1H3,(H,21,23). The van der Waals surface area contributed by atoms with Gasteiger partial charge in [0.1, 0.15) is 0 Å². The molecule has 0 spiro atoms. The first-order chi connectivity index (χ1) is 11.2. The molecule has 3 aromatic rings. The first kappa shape index (κ1) is 13.9. The number of nitrogens with one attached hydrogen (secondary N) is 1. The van der Waals surface area contributed by atoms with E-state index in [2.05, 4.69) is 10.3 Å². The van der Waals surface area contributed by atoms with Gasteiger partial charge in [0, 0.05) is 29.4 Å². The number of carbonyl (C=O) groups is 1. The van der Waals surface area contributed by atoms with Crippen molar-refractivity contribution in [3.8, 4) is 11.3 Å². The van der Waals surface area contributed by atoms with Gasteiger partial charge in [-0.25, -0.2) is 4.98 Å². The minimum absolute atomic E-state index is 0.0179. The summed E-state index contributed by atoms with van der Waals surface area (Å²) in [6.07, 6.45) is 5.65. The van der Waals surface area contributed by atoms with Gasteiger partial charge in [-0.05, 0) is 43.5 Å². The molecule has 23 heavy (non-hydrogen) atoms. The van der Waals surface area contributed by atoms with Gasteiger partial charge in [0.25, 0.3) is 5.91 Å². The Morgan fingerprint density at radius 3 is 2.83 bits per heavy atom. The largest absolute Gasteiger partial charge is 0.349 e. The number of pyridine rings is 2. The van der Waals surface area contributed by atoms with E-state index in [-0.39, 0.29) is 5.91 Å². The molecule has 0 bridgehead atoms. The van der Waals surface area contributed by atoms with E-state index in [9.17, 15) is 4.79 Å². The lowest BCUT2D eigenvalue weighted by Gasteiger charge is -2.11. The molecule has 1 aliphatic carbocycles. The normalized spacial score (nSPS) is 14.0. The topological polar surface area (TPSA) is 54.9 Å². The van der Waals surface area contributed by atoms with E-state index in [1.54, 1.807) is 12.4 Å². The van der Waals surface area contributed by atoms with Crippen LogP contribution in [0.2, 0.25) is 0 Å². The van der Waals surface area contributed by atoms with Crippen LogP contribution in [0.5, 0.6) is 0 Å². The predicted molar refractivity (Wildman–Crippen MR) is 90.2 cm³/mol. The first-order valence-electron chi connectivity index (χ1n) is 7.84. The molecule has 0 radical (unpaired) electrons. The second-order valence-corrected chi connectivity index (χ2v) is 6.02. The third-order valence-corrected chi connectivity index (χ3v) is 4.16. The summed E-state index contributed by atoms with van der Waals surface area (Å²) in [5, 5.41) is 3.98. The molecule has 2 heterocycles. The molecule has 1 N–H and O–H groups in total. The maximum absolute atomic E-state index is 12.6. The fourth-order valence-corrected chi connectivity index (χ4v) is 2.73. The number of hydrogen-bond acceptors (Lipinski definition) is 3. The highest BCUT2D eigenvalue weighted by Crippen LogP contribution is 2.27. The minimum atomic E-state index is -0.0179. The molecule has 114 valence electrons. The summed E-state index contributed by atoms with van der Waals surface area (Å²) in [6.45, 7) is 2.02. The molecule has 0 atom stereocenters. The van der Waals surface area contributed by atoms with Crippen molar-refractivity contribution >= 4 is 16.8 Å². The van der Waals surface area contributed by atoms with Crippen molar-refractivity contribution in [3.05, 3.63) is 59.9 Å². The molecular formula is C19H17N3O. The molecule has 1 aliphatic rings. The second-order valence-electron chi connectivity index (χ2n) is 6.02. The lowest BCUT2D eigenvalue weighted by molar-refractivity contribution is 0.0952. The third kappa shape index (κ3) is 2.68. The smallest absolute Gasteiger partial charge is 0.252 e. The van der Waals surface area contributed by atoms with E-state index >= 15 is 0 Å². The summed E-state index contributed by atoms with van der Waals surface area (Å²) in [4.78, 5) is 21.6. The van der Waals surface area contributed by atoms with E-state index in [1.165, 1.54) is 0 Å². The lowest BCUT2D eigenvalue weighted by atomic mass is 10.0. The van der Waals surface area contributed by atoms with Crippen LogP contribution in [0.3, 0.4) is 0 Å². The Hall–Kier alpha value is -2.75. The fraction of sp³-hybridized carbons (Fsp3) is 0.211. The number of rotatable bonds is 3. The Morgan fingerprint density at radius 2 is 2.09 bits per heavy atom. The lowest BCUT2D eigenvalue weighted by Crippen LogP contribution is -2.25. The molecule has 1 aromatic carbocycles. The highest BCUT2D eigenvalue weighted by Gasteiger charge is 2.25. The van der Waals surface area contributed by atoms with Gasteiger partial charge in [-0.3, -0.25) is 9.78 Å². The fourth-order valence-electron chi connectivity index (χ4n) is 2.73. The second kappa shape index (κ2) is 5.47. The van der Waals surface area contributed by atoms with Crippen molar-refractivity contribution < 1.29 is 4.79 Å². The molecule has 0 aliphatic heterocycles. The monoisotopic (exact) mass is 303 g/mol. The molecule has 0 saturated heterocycles. The van der Waals surface area contributed by atoms with E-state index in [0.717, 1.165) is 40.6 Å². The van der Waals surface area contributed by atoms with Crippen molar-refractivity contribution in [1.82, 2.24) is 15.3 Å². The van der Waals surface area contributed by atoms with Crippen LogP contribution in [-0.4, -0.2) is 21.9 Å². The molecule has 0 unspecified atom stereocenters. The zero-order chi connectivity index (χ0) is 15.8. The zero-order valence-electron chi connectivity index (χ0n) is 12.9. The number of amides is 1. The van der Waals surface area contributed by atoms with Crippen molar-refractivity contribution in [2.24, 2.45) is 0 Å². The number of carbonyl (C=O) groups excluding carboxylic acids is 1. The Bertz CT molecular complexity index is 886. The van der Waals surface area contributed by atoms with Gasteiger partial charge in [0.2, 0.25) is 0 Å². The van der Waals surface area contributed by atoms with Gasteiger partial charge in [0.15, 0.2) is 0 Å². The number of aryl methyl sites for hydroxylation is 1. The highest BCUT2D eigenvalue weighted by atomic mass is 16.1. The number of aromatic nitrogens is 2. The molecule has 2 aromatic heterocycles. The Labute approximate surface area is 134 Å². The summed E-state index contributed by atoms with van der Waals surface area (Å²) >= 11 is 0. The van der Waals surface area contributed by atoms with Crippen LogP contribution in [0, 0.1) is 6.92 Å². The van der Waals surface area contributed by atoms with Gasteiger partial charge >= 0.3 is 0 Å². The van der Waals surface area contributed by atoms with Crippen LogP contribution in [0.1, 0.15) is 28.8 Å². The maximum Gasteiger partial charge on any atom is 0.252 e. The maximum atomic E-state index is 12.6. The average Bonchev–Trinajstić information content (AvgIpc) is 3.39. The number of benzene rings is 1. The van der Waals surface area contributed by atoms with Gasteiger partial charge < -0.3 is 5.32 Å². The Kier molecular flexibility index (Phi) is 3.30. The Balaban J connectivity index is 1.91. The summed E-state index contributed by atoms with van der Waals surface area (Å²) < 4.78 is 0. The molecule has 4 nitrogen and oxygen atoms in total. The summed E-state index contributed by atoms with van der Waals surface area (Å²) in [6, 6.07) is 12.0. The van der Waals surface area contributed by atoms with Crippen molar-refractivity contribution in [2.75, 3.05) is 0 Å². The van der Waals surface area contributed by atoms with Crippen LogP contribution in [-0.2, 0) is 0 Å². The van der Waals surface area contributed by atoms with Gasteiger partial charge in [-0.2, -0.15) is 0 Å². The van der Waals surface area contributed by atoms with E-state index in [4.69, 9.17) is 4.98 Å². The van der Waals surface area contributed by atoms with Crippen LogP contribution in [0.25, 0.3) is 22.2 Å². The zero-order valence-corrected chi connectivity index (χ0v) is 12.9. The summed E-state index contributed by atoms with van der Waals surface area (Å²) in [5.74, 6) is -0.0179. The van der Waals surface area contributed by atoms with Crippen molar-refractivity contribution in [1.29, 1.82) is 0 Å². The van der Waals surface area contributed by atoms with Crippen LogP contribution in [0.4, 0.5) is 0 Å². The molecule has 1 fully saturated rings. The van der Waals surface area contributed by atoms with Gasteiger partial charge in [0.05, 0.1) is 16.8 Å².